The van der Waals surface area contributed by atoms with Crippen LogP contribution in [-0.4, -0.2) is 54.1 Å². The molecule has 30 heavy (non-hydrogen) atoms. The molecule has 1 heterocycles. The van der Waals surface area contributed by atoms with Crippen LogP contribution in [0.5, 0.6) is 0 Å². The highest BCUT2D eigenvalue weighted by Gasteiger charge is 2.37. The summed E-state index contributed by atoms with van der Waals surface area (Å²) < 4.78 is 40.4. The van der Waals surface area contributed by atoms with Gasteiger partial charge >= 0.3 is 0 Å². The number of carbonyl (C=O) groups is 1. The van der Waals surface area contributed by atoms with Gasteiger partial charge in [0.1, 0.15) is 5.82 Å². The molecule has 11 heteroatoms. The van der Waals surface area contributed by atoms with Gasteiger partial charge in [-0.25, -0.2) is 12.8 Å². The van der Waals surface area contributed by atoms with Crippen LogP contribution in [-0.2, 0) is 10.0 Å². The Balaban J connectivity index is 0.00000341. The highest BCUT2D eigenvalue weighted by molar-refractivity contribution is 7.89. The summed E-state index contributed by atoms with van der Waals surface area (Å²) in [6, 6.07) is 7.36. The second kappa shape index (κ2) is 8.78. The average molecular weight is 479 g/mol. The van der Waals surface area contributed by atoms with Crippen LogP contribution in [0.15, 0.2) is 41.3 Å². The molecule has 0 aromatic heterocycles. The van der Waals surface area contributed by atoms with E-state index in [0.29, 0.717) is 0 Å². The molecule has 0 aliphatic carbocycles. The minimum Gasteiger partial charge on any atom is -0.393 e. The van der Waals surface area contributed by atoms with Gasteiger partial charge < -0.3 is 15.5 Å². The van der Waals surface area contributed by atoms with Crippen LogP contribution in [0.4, 0.5) is 10.1 Å². The quantitative estimate of drug-likeness (QED) is 0.611. The predicted molar refractivity (Wildman–Crippen MR) is 113 cm³/mol. The summed E-state index contributed by atoms with van der Waals surface area (Å²) in [5, 5.41) is 21.7. The lowest BCUT2D eigenvalue weighted by Gasteiger charge is -2.36. The highest BCUT2D eigenvalue weighted by atomic mass is 35.5. The topological polar surface area (TPSA) is 107 Å². The van der Waals surface area contributed by atoms with Crippen LogP contribution in [0.1, 0.15) is 24.6 Å². The monoisotopic (exact) mass is 478 g/mol. The fourth-order valence-corrected chi connectivity index (χ4v) is 4.91. The Kier molecular flexibility index (Phi) is 6.71. The number of sulfonamides is 1. The number of nitrogens with one attached hydrogen (secondary N) is 1. The fourth-order valence-electron chi connectivity index (χ4n) is 3.06. The summed E-state index contributed by atoms with van der Waals surface area (Å²) in [5.74, 6) is -1.33. The molecule has 0 spiro atoms. The first-order valence-electron chi connectivity index (χ1n) is 8.95. The van der Waals surface area contributed by atoms with Crippen molar-refractivity contribution in [2.45, 2.75) is 23.3 Å². The van der Waals surface area contributed by atoms with Crippen molar-refractivity contribution in [3.8, 4) is 0 Å². The van der Waals surface area contributed by atoms with Gasteiger partial charge in [0.05, 0.1) is 32.7 Å². The molecule has 0 radical (unpaired) electrons. The Bertz CT molecular complexity index is 1080. The van der Waals surface area contributed by atoms with E-state index in [4.69, 9.17) is 23.2 Å². The fraction of sp³-hybridized carbons (Fsp3) is 0.316. The number of nitrogens with zero attached hydrogens (tertiary/aromatic N) is 1. The second-order valence-corrected chi connectivity index (χ2v) is 9.76. The average Bonchev–Trinajstić information content (AvgIpc) is 2.71. The molecular formula is C19H21Cl2FN2O5S. The molecule has 164 valence electrons. The molecule has 0 atom stereocenters. The van der Waals surface area contributed by atoms with Gasteiger partial charge in [-0.3, -0.25) is 4.79 Å². The third-order valence-corrected chi connectivity index (χ3v) is 7.46. The van der Waals surface area contributed by atoms with E-state index in [1.54, 1.807) is 0 Å². The number of aliphatic hydroxyl groups excluding tert-OH is 1. The maximum absolute atomic E-state index is 13.3. The second-order valence-electron chi connectivity index (χ2n) is 7.01. The lowest BCUT2D eigenvalue weighted by atomic mass is 9.94. The molecule has 1 aliphatic rings. The van der Waals surface area contributed by atoms with Gasteiger partial charge in [-0.05, 0) is 49.2 Å². The molecule has 2 aromatic carbocycles. The molecule has 1 amide bonds. The van der Waals surface area contributed by atoms with Gasteiger partial charge in [0.2, 0.25) is 10.0 Å². The largest absolute Gasteiger partial charge is 0.393 e. The van der Waals surface area contributed by atoms with Gasteiger partial charge in [-0.1, -0.05) is 23.2 Å². The van der Waals surface area contributed by atoms with Gasteiger partial charge in [0.25, 0.3) is 5.91 Å². The maximum Gasteiger partial charge on any atom is 0.257 e. The molecule has 0 unspecified atom stereocenters. The minimum absolute atomic E-state index is 0. The van der Waals surface area contributed by atoms with E-state index in [2.05, 4.69) is 5.32 Å². The summed E-state index contributed by atoms with van der Waals surface area (Å²) in [6.07, 6.45) is 0.185. The van der Waals surface area contributed by atoms with Crippen LogP contribution in [0.25, 0.3) is 0 Å². The van der Waals surface area contributed by atoms with Crippen molar-refractivity contribution in [2.75, 3.05) is 25.0 Å². The Morgan fingerprint density at radius 1 is 1.17 bits per heavy atom. The normalized spacial score (nSPS) is 17.0. The smallest absolute Gasteiger partial charge is 0.257 e. The van der Waals surface area contributed by atoms with E-state index in [0.717, 1.165) is 12.1 Å². The zero-order chi connectivity index (χ0) is 22.1. The van der Waals surface area contributed by atoms with Crippen LogP contribution in [0, 0.1) is 5.82 Å². The zero-order valence-corrected chi connectivity index (χ0v) is 17.9. The lowest BCUT2D eigenvalue weighted by molar-refractivity contribution is -0.0480. The SMILES string of the molecule is O=C(Nc1ccc(F)c(Cl)c1)c1cc(S(=O)(=O)N2CCC(O)(CO)CC2)ccc1Cl.[HH]. The maximum atomic E-state index is 13.3. The van der Waals surface area contributed by atoms with Gasteiger partial charge in [-0.2, -0.15) is 4.31 Å². The van der Waals surface area contributed by atoms with E-state index in [1.807, 2.05) is 0 Å². The summed E-state index contributed by atoms with van der Waals surface area (Å²) in [6.45, 7) is -0.394. The summed E-state index contributed by atoms with van der Waals surface area (Å²) in [4.78, 5) is 12.5. The molecule has 1 aliphatic heterocycles. The number of amides is 1. The molecule has 2 aromatic rings. The van der Waals surface area contributed by atoms with Crippen LogP contribution >= 0.6 is 23.2 Å². The Labute approximate surface area is 184 Å². The molecule has 1 fully saturated rings. The third kappa shape index (κ3) is 4.77. The minimum atomic E-state index is -3.95. The van der Waals surface area contributed by atoms with Crippen molar-refractivity contribution in [1.82, 2.24) is 4.31 Å². The van der Waals surface area contributed by atoms with Gasteiger partial charge in [0.15, 0.2) is 0 Å². The third-order valence-electron chi connectivity index (χ3n) is 4.95. The summed E-state index contributed by atoms with van der Waals surface area (Å²) >= 11 is 11.8. The van der Waals surface area contributed by atoms with E-state index >= 15 is 0 Å². The van der Waals surface area contributed by atoms with Crippen molar-refractivity contribution in [2.24, 2.45) is 0 Å². The number of hydrogen-bond acceptors (Lipinski definition) is 5. The molecular weight excluding hydrogens is 458 g/mol. The molecule has 1 saturated heterocycles. The number of hydrogen-bond donors (Lipinski definition) is 3. The standard InChI is InChI=1S/C19H19Cl2FN2O5S.H2/c20-15-3-2-13(30(28,29)24-7-5-19(27,11-25)6-8-24)10-14(15)18(26)23-12-1-4-17(22)16(21)9-12;/h1-4,9-10,25,27H,5-8,11H2,(H,23,26);1H. The van der Waals surface area contributed by atoms with Crippen molar-refractivity contribution < 1.29 is 29.2 Å². The predicted octanol–water partition coefficient (Wildman–Crippen LogP) is 3.14. The number of anilines is 1. The number of carbonyl (C=O) groups excluding carboxylic acids is 1. The highest BCUT2D eigenvalue weighted by Crippen LogP contribution is 2.29. The number of piperidine rings is 1. The Morgan fingerprint density at radius 3 is 2.43 bits per heavy atom. The summed E-state index contributed by atoms with van der Waals surface area (Å²) in [7, 11) is -3.95. The van der Waals surface area contributed by atoms with Crippen LogP contribution < -0.4 is 5.32 Å². The summed E-state index contributed by atoms with van der Waals surface area (Å²) in [5.41, 5.74) is -1.16. The van der Waals surface area contributed by atoms with Crippen LogP contribution in [0.3, 0.4) is 0 Å². The van der Waals surface area contributed by atoms with Gasteiger partial charge in [-0.15, -0.1) is 0 Å². The van der Waals surface area contributed by atoms with Crippen molar-refractivity contribution >= 4 is 44.8 Å². The molecule has 3 N–H and O–H groups in total. The van der Waals surface area contributed by atoms with E-state index in [-0.39, 0.29) is 53.5 Å². The number of aliphatic hydroxyl groups is 2. The lowest BCUT2D eigenvalue weighted by Crippen LogP contribution is -2.48. The Hall–Kier alpha value is -1.75. The Morgan fingerprint density at radius 2 is 1.83 bits per heavy atom. The van der Waals surface area contributed by atoms with Crippen LogP contribution in [0.2, 0.25) is 10.0 Å². The number of halogens is 3. The zero-order valence-electron chi connectivity index (χ0n) is 15.6. The first-order chi connectivity index (χ1) is 14.1. The molecule has 7 nitrogen and oxygen atoms in total. The van der Waals surface area contributed by atoms with E-state index < -0.39 is 34.0 Å². The van der Waals surface area contributed by atoms with Crippen molar-refractivity contribution in [3.05, 3.63) is 57.8 Å². The molecule has 0 bridgehead atoms. The number of rotatable bonds is 5. The van der Waals surface area contributed by atoms with Crippen molar-refractivity contribution in [1.29, 1.82) is 0 Å². The van der Waals surface area contributed by atoms with Crippen molar-refractivity contribution in [3.63, 3.8) is 0 Å². The number of benzene rings is 2. The molecule has 0 saturated carbocycles. The first kappa shape index (κ1) is 22.9. The van der Waals surface area contributed by atoms with Gasteiger partial charge in [0, 0.05) is 20.2 Å². The van der Waals surface area contributed by atoms with E-state index in [1.165, 1.54) is 28.6 Å². The first-order valence-corrected chi connectivity index (χ1v) is 11.1. The van der Waals surface area contributed by atoms with E-state index in [9.17, 15) is 27.8 Å². The molecule has 3 rings (SSSR count).